The van der Waals surface area contributed by atoms with Gasteiger partial charge < -0.3 is 14.8 Å². The van der Waals surface area contributed by atoms with E-state index in [0.717, 1.165) is 10.5 Å². The standard InChI is InChI=1S/C14H17ClN2O4/c1-17-12(18)6-10(14(17)19)16-7-8-4-9(15)13(21-3)11(5-8)20-2/h4-5,10,16H,6-7H2,1-3H3. The molecule has 1 heterocycles. The summed E-state index contributed by atoms with van der Waals surface area (Å²) in [5.41, 5.74) is 0.840. The van der Waals surface area contributed by atoms with E-state index in [4.69, 9.17) is 21.1 Å². The first-order valence-corrected chi connectivity index (χ1v) is 6.80. The zero-order valence-corrected chi connectivity index (χ0v) is 12.9. The lowest BCUT2D eigenvalue weighted by Crippen LogP contribution is -2.36. The van der Waals surface area contributed by atoms with Crippen LogP contribution in [0.25, 0.3) is 0 Å². The van der Waals surface area contributed by atoms with E-state index in [1.54, 1.807) is 12.1 Å². The maximum atomic E-state index is 11.8. The molecule has 1 aromatic carbocycles. The minimum absolute atomic E-state index is 0.177. The Morgan fingerprint density at radius 3 is 2.57 bits per heavy atom. The molecular formula is C14H17ClN2O4. The molecule has 1 atom stereocenters. The highest BCUT2D eigenvalue weighted by atomic mass is 35.5. The second kappa shape index (κ2) is 6.32. The minimum Gasteiger partial charge on any atom is -0.493 e. The molecule has 6 nitrogen and oxygen atoms in total. The Labute approximate surface area is 128 Å². The minimum atomic E-state index is -0.491. The van der Waals surface area contributed by atoms with Gasteiger partial charge in [-0.15, -0.1) is 0 Å². The van der Waals surface area contributed by atoms with Gasteiger partial charge in [0.2, 0.25) is 11.8 Å². The number of likely N-dealkylation sites (tertiary alicyclic amines) is 1. The van der Waals surface area contributed by atoms with Crippen LogP contribution < -0.4 is 14.8 Å². The van der Waals surface area contributed by atoms with Gasteiger partial charge in [-0.25, -0.2) is 0 Å². The van der Waals surface area contributed by atoms with Gasteiger partial charge in [0.15, 0.2) is 11.5 Å². The molecule has 0 saturated carbocycles. The normalized spacial score (nSPS) is 18.3. The highest BCUT2D eigenvalue weighted by Crippen LogP contribution is 2.36. The Balaban J connectivity index is 2.09. The van der Waals surface area contributed by atoms with Crippen LogP contribution in [0.3, 0.4) is 0 Å². The quantitative estimate of drug-likeness (QED) is 0.828. The van der Waals surface area contributed by atoms with Crippen molar-refractivity contribution in [2.24, 2.45) is 0 Å². The molecule has 1 unspecified atom stereocenters. The summed E-state index contributed by atoms with van der Waals surface area (Å²) in [6, 6.07) is 3.03. The molecule has 1 aliphatic heterocycles. The van der Waals surface area contributed by atoms with Crippen molar-refractivity contribution >= 4 is 23.4 Å². The van der Waals surface area contributed by atoms with Crippen LogP contribution in [0.2, 0.25) is 5.02 Å². The van der Waals surface area contributed by atoms with Gasteiger partial charge in [0.05, 0.1) is 31.7 Å². The van der Waals surface area contributed by atoms with Crippen molar-refractivity contribution in [2.45, 2.75) is 19.0 Å². The number of halogens is 1. The monoisotopic (exact) mass is 312 g/mol. The van der Waals surface area contributed by atoms with E-state index in [-0.39, 0.29) is 18.2 Å². The van der Waals surface area contributed by atoms with Gasteiger partial charge in [-0.1, -0.05) is 11.6 Å². The molecule has 1 aliphatic rings. The lowest BCUT2D eigenvalue weighted by Gasteiger charge is -2.14. The fraction of sp³-hybridized carbons (Fsp3) is 0.429. The van der Waals surface area contributed by atoms with Crippen molar-refractivity contribution in [3.05, 3.63) is 22.7 Å². The van der Waals surface area contributed by atoms with Crippen LogP contribution in [0.4, 0.5) is 0 Å². The summed E-state index contributed by atoms with van der Waals surface area (Å²) in [5.74, 6) is 0.594. The van der Waals surface area contributed by atoms with E-state index in [2.05, 4.69) is 5.32 Å². The Kier molecular flexibility index (Phi) is 4.69. The number of carbonyl (C=O) groups excluding carboxylic acids is 2. The molecule has 2 rings (SSSR count). The highest BCUT2D eigenvalue weighted by molar-refractivity contribution is 6.32. The number of imide groups is 1. The highest BCUT2D eigenvalue weighted by Gasteiger charge is 2.35. The van der Waals surface area contributed by atoms with Gasteiger partial charge in [0.25, 0.3) is 0 Å². The molecule has 114 valence electrons. The molecule has 0 radical (unpaired) electrons. The molecule has 1 N–H and O–H groups in total. The Morgan fingerprint density at radius 1 is 1.33 bits per heavy atom. The molecule has 0 aliphatic carbocycles. The van der Waals surface area contributed by atoms with Crippen molar-refractivity contribution in [1.29, 1.82) is 0 Å². The zero-order chi connectivity index (χ0) is 15.6. The summed E-state index contributed by atoms with van der Waals surface area (Å²) >= 11 is 6.12. The molecule has 1 aromatic rings. The average molecular weight is 313 g/mol. The predicted octanol–water partition coefficient (Wildman–Crippen LogP) is 1.20. The van der Waals surface area contributed by atoms with Gasteiger partial charge in [-0.3, -0.25) is 14.5 Å². The van der Waals surface area contributed by atoms with E-state index in [9.17, 15) is 9.59 Å². The summed E-state index contributed by atoms with van der Waals surface area (Å²) in [4.78, 5) is 24.4. The molecule has 1 saturated heterocycles. The summed E-state index contributed by atoms with van der Waals surface area (Å²) in [6.07, 6.45) is 0.177. The van der Waals surface area contributed by atoms with Crippen molar-refractivity contribution < 1.29 is 19.1 Å². The van der Waals surface area contributed by atoms with E-state index in [1.165, 1.54) is 21.3 Å². The summed E-state index contributed by atoms with van der Waals surface area (Å²) in [7, 11) is 4.53. The van der Waals surface area contributed by atoms with Crippen molar-refractivity contribution in [3.63, 3.8) is 0 Å². The molecule has 2 amide bonds. The van der Waals surface area contributed by atoms with Gasteiger partial charge >= 0.3 is 0 Å². The SMILES string of the molecule is COc1cc(CNC2CC(=O)N(C)C2=O)cc(Cl)c1OC. The Hall–Kier alpha value is -1.79. The average Bonchev–Trinajstić information content (AvgIpc) is 2.71. The molecule has 1 fully saturated rings. The topological polar surface area (TPSA) is 67.9 Å². The van der Waals surface area contributed by atoms with Crippen LogP contribution in [0.1, 0.15) is 12.0 Å². The fourth-order valence-corrected chi connectivity index (χ4v) is 2.54. The third-order valence-corrected chi connectivity index (χ3v) is 3.71. The van der Waals surface area contributed by atoms with Crippen LogP contribution in [-0.4, -0.2) is 44.0 Å². The van der Waals surface area contributed by atoms with Crippen LogP contribution in [0.15, 0.2) is 12.1 Å². The summed E-state index contributed by atoms with van der Waals surface area (Å²) in [6.45, 7) is 0.400. The lowest BCUT2D eigenvalue weighted by atomic mass is 10.1. The van der Waals surface area contributed by atoms with E-state index in [0.29, 0.717) is 23.1 Å². The largest absolute Gasteiger partial charge is 0.493 e. The number of rotatable bonds is 5. The third-order valence-electron chi connectivity index (χ3n) is 3.43. The number of carbonyl (C=O) groups is 2. The van der Waals surface area contributed by atoms with Crippen LogP contribution in [-0.2, 0) is 16.1 Å². The number of nitrogens with one attached hydrogen (secondary N) is 1. The number of amides is 2. The van der Waals surface area contributed by atoms with E-state index >= 15 is 0 Å². The first kappa shape index (κ1) is 15.6. The first-order valence-electron chi connectivity index (χ1n) is 6.42. The van der Waals surface area contributed by atoms with Crippen molar-refractivity contribution in [1.82, 2.24) is 10.2 Å². The van der Waals surface area contributed by atoms with Crippen molar-refractivity contribution in [3.8, 4) is 11.5 Å². The number of hydrogen-bond donors (Lipinski definition) is 1. The maximum absolute atomic E-state index is 11.8. The number of likely N-dealkylation sites (N-methyl/N-ethyl adjacent to an activating group) is 1. The first-order chi connectivity index (χ1) is 9.97. The van der Waals surface area contributed by atoms with Gasteiger partial charge in [-0.2, -0.15) is 0 Å². The lowest BCUT2D eigenvalue weighted by molar-refractivity contribution is -0.137. The van der Waals surface area contributed by atoms with Crippen LogP contribution in [0, 0.1) is 0 Å². The Bertz CT molecular complexity index is 576. The second-order valence-corrected chi connectivity index (χ2v) is 5.15. The van der Waals surface area contributed by atoms with Gasteiger partial charge in [0, 0.05) is 13.6 Å². The number of ether oxygens (including phenoxy) is 2. The smallest absolute Gasteiger partial charge is 0.246 e. The second-order valence-electron chi connectivity index (χ2n) is 4.74. The molecule has 0 aromatic heterocycles. The summed E-state index contributed by atoms with van der Waals surface area (Å²) in [5, 5.41) is 3.49. The van der Waals surface area contributed by atoms with Crippen LogP contribution >= 0.6 is 11.6 Å². The molecule has 21 heavy (non-hydrogen) atoms. The maximum Gasteiger partial charge on any atom is 0.246 e. The molecule has 0 spiro atoms. The predicted molar refractivity (Wildman–Crippen MR) is 77.6 cm³/mol. The zero-order valence-electron chi connectivity index (χ0n) is 12.1. The number of hydrogen-bond acceptors (Lipinski definition) is 5. The van der Waals surface area contributed by atoms with Crippen molar-refractivity contribution in [2.75, 3.05) is 21.3 Å². The fourth-order valence-electron chi connectivity index (χ4n) is 2.23. The van der Waals surface area contributed by atoms with Gasteiger partial charge in [0.1, 0.15) is 0 Å². The molecular weight excluding hydrogens is 296 g/mol. The molecule has 7 heteroatoms. The van der Waals surface area contributed by atoms with Crippen LogP contribution in [0.5, 0.6) is 11.5 Å². The number of methoxy groups -OCH3 is 2. The molecule has 0 bridgehead atoms. The number of nitrogens with zero attached hydrogens (tertiary/aromatic N) is 1. The van der Waals surface area contributed by atoms with E-state index < -0.39 is 6.04 Å². The Morgan fingerprint density at radius 2 is 2.05 bits per heavy atom. The third kappa shape index (κ3) is 3.11. The summed E-state index contributed by atoms with van der Waals surface area (Å²) < 4.78 is 10.4. The van der Waals surface area contributed by atoms with E-state index in [1.807, 2.05) is 0 Å². The van der Waals surface area contributed by atoms with Gasteiger partial charge in [-0.05, 0) is 17.7 Å². The number of benzene rings is 1.